The first-order valence-corrected chi connectivity index (χ1v) is 6.71. The fraction of sp³-hybridized carbons (Fsp3) is 0.333. The average molecular weight is 224 g/mol. The molecule has 0 aliphatic carbocycles. The topological polar surface area (TPSA) is 34.1 Å². The highest BCUT2D eigenvalue weighted by Gasteiger charge is 2.12. The number of allylic oxidation sites excluding steroid dienone is 1. The average Bonchev–Trinajstić information content (AvgIpc) is 2.26. The summed E-state index contributed by atoms with van der Waals surface area (Å²) in [6, 6.07) is 8.59. The van der Waals surface area contributed by atoms with Crippen LogP contribution in [0.1, 0.15) is 19.3 Å². The van der Waals surface area contributed by atoms with Crippen molar-refractivity contribution in [3.63, 3.8) is 0 Å². The number of hydrogen-bond donors (Lipinski definition) is 0. The van der Waals surface area contributed by atoms with Crippen molar-refractivity contribution in [2.45, 2.75) is 24.2 Å². The van der Waals surface area contributed by atoms with Crippen molar-refractivity contribution < 1.29 is 8.42 Å². The molecule has 0 fully saturated rings. The predicted molar refractivity (Wildman–Crippen MR) is 62.5 cm³/mol. The molecule has 82 valence electrons. The molecule has 3 heteroatoms. The van der Waals surface area contributed by atoms with Gasteiger partial charge in [0, 0.05) is 0 Å². The summed E-state index contributed by atoms with van der Waals surface area (Å²) in [7, 11) is -3.08. The van der Waals surface area contributed by atoms with Crippen LogP contribution in [0.25, 0.3) is 0 Å². The van der Waals surface area contributed by atoms with E-state index in [0.29, 0.717) is 11.3 Å². The van der Waals surface area contributed by atoms with Gasteiger partial charge < -0.3 is 0 Å². The molecule has 2 nitrogen and oxygen atoms in total. The summed E-state index contributed by atoms with van der Waals surface area (Å²) < 4.78 is 23.5. The van der Waals surface area contributed by atoms with Crippen molar-refractivity contribution >= 4 is 9.84 Å². The minimum atomic E-state index is -3.08. The Morgan fingerprint density at radius 1 is 1.13 bits per heavy atom. The number of unbranched alkanes of at least 4 members (excludes halogenated alkanes) is 2. The van der Waals surface area contributed by atoms with Gasteiger partial charge in [-0.05, 0) is 31.4 Å². The van der Waals surface area contributed by atoms with E-state index in [1.165, 1.54) is 0 Å². The molecule has 0 aromatic heterocycles. The molecule has 0 saturated carbocycles. The standard InChI is InChI=1S/C12H16O2S/c1-2-3-4-8-11-15(13,14)12-9-6-5-7-10-12/h2,5-7,9-10H,1,3-4,8,11H2. The zero-order chi connectivity index (χ0) is 11.1. The zero-order valence-corrected chi connectivity index (χ0v) is 9.54. The minimum absolute atomic E-state index is 0.227. The Morgan fingerprint density at radius 3 is 2.40 bits per heavy atom. The summed E-state index contributed by atoms with van der Waals surface area (Å²) >= 11 is 0. The Balaban J connectivity index is 2.57. The van der Waals surface area contributed by atoms with Crippen LogP contribution in [0.15, 0.2) is 47.9 Å². The SMILES string of the molecule is C=CCCCCS(=O)(=O)c1ccccc1. The molecule has 0 aliphatic rings. The highest BCUT2D eigenvalue weighted by Crippen LogP contribution is 2.12. The van der Waals surface area contributed by atoms with Crippen LogP contribution >= 0.6 is 0 Å². The van der Waals surface area contributed by atoms with Gasteiger partial charge in [-0.15, -0.1) is 6.58 Å². The molecule has 0 saturated heterocycles. The Morgan fingerprint density at radius 2 is 1.80 bits per heavy atom. The van der Waals surface area contributed by atoms with Crippen molar-refractivity contribution in [2.75, 3.05) is 5.75 Å². The van der Waals surface area contributed by atoms with Crippen LogP contribution in [0.4, 0.5) is 0 Å². The van der Waals surface area contributed by atoms with Gasteiger partial charge in [0.1, 0.15) is 0 Å². The molecule has 0 amide bonds. The smallest absolute Gasteiger partial charge is 0.178 e. The second kappa shape index (κ2) is 5.71. The van der Waals surface area contributed by atoms with Crippen molar-refractivity contribution in [2.24, 2.45) is 0 Å². The van der Waals surface area contributed by atoms with Crippen molar-refractivity contribution in [1.29, 1.82) is 0 Å². The van der Waals surface area contributed by atoms with Crippen LogP contribution in [-0.2, 0) is 9.84 Å². The Hall–Kier alpha value is -1.09. The highest BCUT2D eigenvalue weighted by atomic mass is 32.2. The lowest BCUT2D eigenvalue weighted by Crippen LogP contribution is -2.06. The van der Waals surface area contributed by atoms with Crippen molar-refractivity contribution in [3.05, 3.63) is 43.0 Å². The van der Waals surface area contributed by atoms with Gasteiger partial charge in [-0.25, -0.2) is 8.42 Å². The van der Waals surface area contributed by atoms with Crippen LogP contribution in [0.3, 0.4) is 0 Å². The summed E-state index contributed by atoms with van der Waals surface area (Å²) in [5, 5.41) is 0. The molecular weight excluding hydrogens is 208 g/mol. The molecule has 0 atom stereocenters. The molecule has 0 radical (unpaired) electrons. The lowest BCUT2D eigenvalue weighted by atomic mass is 10.2. The van der Waals surface area contributed by atoms with E-state index in [-0.39, 0.29) is 5.75 Å². The fourth-order valence-electron chi connectivity index (χ4n) is 1.33. The zero-order valence-electron chi connectivity index (χ0n) is 8.72. The van der Waals surface area contributed by atoms with Crippen LogP contribution in [0.2, 0.25) is 0 Å². The molecule has 0 bridgehead atoms. The normalized spacial score (nSPS) is 11.2. The van der Waals surface area contributed by atoms with Crippen LogP contribution in [0, 0.1) is 0 Å². The van der Waals surface area contributed by atoms with Crippen molar-refractivity contribution in [3.8, 4) is 0 Å². The molecule has 1 rings (SSSR count). The third kappa shape index (κ3) is 3.88. The third-order valence-electron chi connectivity index (χ3n) is 2.17. The molecule has 0 aliphatic heterocycles. The molecule has 0 heterocycles. The lowest BCUT2D eigenvalue weighted by molar-refractivity contribution is 0.591. The predicted octanol–water partition coefficient (Wildman–Crippen LogP) is 2.82. The lowest BCUT2D eigenvalue weighted by Gasteiger charge is -2.03. The molecule has 0 unspecified atom stereocenters. The quantitative estimate of drug-likeness (QED) is 0.550. The third-order valence-corrected chi connectivity index (χ3v) is 3.99. The maximum absolute atomic E-state index is 11.8. The van der Waals surface area contributed by atoms with E-state index in [4.69, 9.17) is 0 Å². The van der Waals surface area contributed by atoms with E-state index in [9.17, 15) is 8.42 Å². The number of sulfone groups is 1. The first-order valence-electron chi connectivity index (χ1n) is 5.05. The van der Waals surface area contributed by atoms with Crippen molar-refractivity contribution in [1.82, 2.24) is 0 Å². The summed E-state index contributed by atoms with van der Waals surface area (Å²) in [5.41, 5.74) is 0. The maximum atomic E-state index is 11.8. The Labute approximate surface area is 91.6 Å². The van der Waals surface area contributed by atoms with Crippen LogP contribution in [-0.4, -0.2) is 14.2 Å². The van der Waals surface area contributed by atoms with Gasteiger partial charge in [0.05, 0.1) is 10.6 Å². The van der Waals surface area contributed by atoms with Crippen LogP contribution < -0.4 is 0 Å². The summed E-state index contributed by atoms with van der Waals surface area (Å²) in [4.78, 5) is 0.420. The van der Waals surface area contributed by atoms with E-state index in [2.05, 4.69) is 6.58 Å². The first kappa shape index (κ1) is 12.0. The maximum Gasteiger partial charge on any atom is 0.178 e. The van der Waals surface area contributed by atoms with E-state index in [1.54, 1.807) is 24.3 Å². The molecule has 15 heavy (non-hydrogen) atoms. The minimum Gasteiger partial charge on any atom is -0.224 e. The van der Waals surface area contributed by atoms with E-state index in [0.717, 1.165) is 12.8 Å². The highest BCUT2D eigenvalue weighted by molar-refractivity contribution is 7.91. The monoisotopic (exact) mass is 224 g/mol. The molecule has 0 spiro atoms. The largest absolute Gasteiger partial charge is 0.224 e. The summed E-state index contributed by atoms with van der Waals surface area (Å²) in [5.74, 6) is 0.227. The second-order valence-electron chi connectivity index (χ2n) is 3.42. The van der Waals surface area contributed by atoms with Gasteiger partial charge in [0.15, 0.2) is 9.84 Å². The Bertz CT molecular complexity index is 393. The van der Waals surface area contributed by atoms with E-state index in [1.807, 2.05) is 12.1 Å². The molecule has 1 aromatic rings. The first-order chi connectivity index (χ1) is 7.17. The molecular formula is C12H16O2S. The second-order valence-corrected chi connectivity index (χ2v) is 5.53. The van der Waals surface area contributed by atoms with Gasteiger partial charge in [-0.1, -0.05) is 24.3 Å². The van der Waals surface area contributed by atoms with Gasteiger partial charge >= 0.3 is 0 Å². The number of rotatable bonds is 6. The van der Waals surface area contributed by atoms with E-state index < -0.39 is 9.84 Å². The van der Waals surface area contributed by atoms with Crippen LogP contribution in [0.5, 0.6) is 0 Å². The van der Waals surface area contributed by atoms with Gasteiger partial charge in [0.2, 0.25) is 0 Å². The summed E-state index contributed by atoms with van der Waals surface area (Å²) in [6.45, 7) is 3.60. The number of hydrogen-bond acceptors (Lipinski definition) is 2. The number of benzene rings is 1. The molecule has 0 N–H and O–H groups in total. The Kier molecular flexibility index (Phi) is 4.56. The fourth-order valence-corrected chi connectivity index (χ4v) is 2.72. The summed E-state index contributed by atoms with van der Waals surface area (Å²) in [6.07, 6.45) is 4.28. The van der Waals surface area contributed by atoms with Gasteiger partial charge in [-0.2, -0.15) is 0 Å². The van der Waals surface area contributed by atoms with Gasteiger partial charge in [-0.3, -0.25) is 0 Å². The van der Waals surface area contributed by atoms with Gasteiger partial charge in [0.25, 0.3) is 0 Å². The molecule has 1 aromatic carbocycles. The van der Waals surface area contributed by atoms with E-state index >= 15 is 0 Å².